The van der Waals surface area contributed by atoms with E-state index in [-0.39, 0.29) is 23.9 Å². The smallest absolute Gasteiger partial charge is 0.475 e. The second kappa shape index (κ2) is 12.8. The summed E-state index contributed by atoms with van der Waals surface area (Å²) in [5, 5.41) is 8.50. The van der Waals surface area contributed by atoms with Gasteiger partial charge in [-0.2, -0.15) is 13.2 Å². The van der Waals surface area contributed by atoms with Gasteiger partial charge in [0.05, 0.1) is 11.5 Å². The summed E-state index contributed by atoms with van der Waals surface area (Å²) in [4.78, 5) is 24.8. The number of amides is 1. The fourth-order valence-corrected chi connectivity index (χ4v) is 5.09. The van der Waals surface area contributed by atoms with Crippen molar-refractivity contribution in [1.29, 1.82) is 0 Å². The molecule has 1 aliphatic heterocycles. The minimum absolute atomic E-state index is 0.0516. The highest BCUT2D eigenvalue weighted by atomic mass is 35.5. The van der Waals surface area contributed by atoms with Crippen LogP contribution >= 0.6 is 23.2 Å². The predicted octanol–water partition coefficient (Wildman–Crippen LogP) is 7.00. The van der Waals surface area contributed by atoms with Gasteiger partial charge in [-0.3, -0.25) is 4.79 Å². The molecule has 3 N–H and O–H groups in total. The van der Waals surface area contributed by atoms with E-state index < -0.39 is 17.6 Å². The Morgan fingerprint density at radius 1 is 1.22 bits per heavy atom. The number of piperidine rings is 1. The van der Waals surface area contributed by atoms with Crippen LogP contribution in [0.15, 0.2) is 61.2 Å². The molecule has 0 aromatic heterocycles. The zero-order valence-electron chi connectivity index (χ0n) is 20.6. The molecular formula is C27H31Cl2F3N2O3. The van der Waals surface area contributed by atoms with Gasteiger partial charge in [-0.05, 0) is 54.7 Å². The third kappa shape index (κ3) is 7.49. The minimum Gasteiger partial charge on any atom is -0.475 e. The Morgan fingerprint density at radius 2 is 1.81 bits per heavy atom. The van der Waals surface area contributed by atoms with Gasteiger partial charge >= 0.3 is 12.1 Å². The second-order valence-corrected chi connectivity index (χ2v) is 10.1. The third-order valence-corrected chi connectivity index (χ3v) is 7.05. The van der Waals surface area contributed by atoms with Crippen LogP contribution in [0.4, 0.5) is 13.2 Å². The summed E-state index contributed by atoms with van der Waals surface area (Å²) in [5.41, 5.74) is 7.80. The molecule has 0 saturated carbocycles. The number of carboxylic acids is 1. The van der Waals surface area contributed by atoms with Crippen molar-refractivity contribution in [2.75, 3.05) is 6.54 Å². The quantitative estimate of drug-likeness (QED) is 0.358. The van der Waals surface area contributed by atoms with Crippen molar-refractivity contribution in [3.8, 4) is 0 Å². The average molecular weight is 559 g/mol. The van der Waals surface area contributed by atoms with Crippen molar-refractivity contribution in [1.82, 2.24) is 4.90 Å². The predicted molar refractivity (Wildman–Crippen MR) is 140 cm³/mol. The van der Waals surface area contributed by atoms with Crippen LogP contribution in [0.3, 0.4) is 0 Å². The molecular weight excluding hydrogens is 528 g/mol. The summed E-state index contributed by atoms with van der Waals surface area (Å²) in [5.74, 6) is -2.54. The van der Waals surface area contributed by atoms with E-state index >= 15 is 0 Å². The van der Waals surface area contributed by atoms with E-state index in [0.717, 1.165) is 17.5 Å². The largest absolute Gasteiger partial charge is 0.490 e. The van der Waals surface area contributed by atoms with Crippen LogP contribution in [0.25, 0.3) is 0 Å². The number of nitrogens with zero attached hydrogens (tertiary/aromatic N) is 1. The molecule has 1 amide bonds. The molecule has 202 valence electrons. The van der Waals surface area contributed by atoms with Gasteiger partial charge in [-0.1, -0.05) is 67.4 Å². The van der Waals surface area contributed by atoms with Gasteiger partial charge in [0.2, 0.25) is 5.91 Å². The number of rotatable bonds is 7. The monoisotopic (exact) mass is 558 g/mol. The number of likely N-dealkylation sites (tertiary alicyclic amines) is 1. The Kier molecular flexibility index (Phi) is 10.6. The molecule has 0 bridgehead atoms. The van der Waals surface area contributed by atoms with Crippen LogP contribution < -0.4 is 5.73 Å². The molecule has 3 rings (SSSR count). The fourth-order valence-electron chi connectivity index (χ4n) is 4.77. The minimum atomic E-state index is -5.08. The lowest BCUT2D eigenvalue weighted by molar-refractivity contribution is -0.192. The van der Waals surface area contributed by atoms with E-state index in [1.165, 1.54) is 0 Å². The Bertz CT molecular complexity index is 1090. The number of carboxylic acid groups (broad SMARTS) is 1. The zero-order chi connectivity index (χ0) is 28.0. The highest BCUT2D eigenvalue weighted by molar-refractivity contribution is 6.30. The number of alkyl halides is 3. The van der Waals surface area contributed by atoms with Crippen LogP contribution in [0.2, 0.25) is 10.0 Å². The summed E-state index contributed by atoms with van der Waals surface area (Å²) in [6, 6.07) is 15.6. The molecule has 10 heteroatoms. The molecule has 5 nitrogen and oxygen atoms in total. The van der Waals surface area contributed by atoms with Crippen molar-refractivity contribution < 1.29 is 27.9 Å². The maximum absolute atomic E-state index is 13.9. The van der Waals surface area contributed by atoms with E-state index in [9.17, 15) is 18.0 Å². The van der Waals surface area contributed by atoms with Crippen LogP contribution in [-0.4, -0.2) is 40.6 Å². The maximum atomic E-state index is 13.9. The van der Waals surface area contributed by atoms with Gasteiger partial charge < -0.3 is 15.7 Å². The Hall–Kier alpha value is -2.55. The number of allylic oxidation sites excluding steroid dienone is 1. The van der Waals surface area contributed by atoms with E-state index in [1.54, 1.807) is 0 Å². The van der Waals surface area contributed by atoms with Gasteiger partial charge in [-0.25, -0.2) is 4.79 Å². The molecule has 0 spiro atoms. The normalized spacial score (nSPS) is 22.6. The highest BCUT2D eigenvalue weighted by Crippen LogP contribution is 2.52. The zero-order valence-corrected chi connectivity index (χ0v) is 22.2. The first kappa shape index (κ1) is 30.7. The summed E-state index contributed by atoms with van der Waals surface area (Å²) in [6.45, 7) is 8.45. The molecule has 2 aromatic rings. The van der Waals surface area contributed by atoms with E-state index in [0.29, 0.717) is 29.4 Å². The van der Waals surface area contributed by atoms with Crippen LogP contribution in [0.5, 0.6) is 0 Å². The molecule has 37 heavy (non-hydrogen) atoms. The van der Waals surface area contributed by atoms with Gasteiger partial charge in [0.15, 0.2) is 0 Å². The van der Waals surface area contributed by atoms with Crippen molar-refractivity contribution >= 4 is 35.1 Å². The average Bonchev–Trinajstić information content (AvgIpc) is 2.83. The van der Waals surface area contributed by atoms with Crippen molar-refractivity contribution in [3.63, 3.8) is 0 Å². The Morgan fingerprint density at radius 3 is 2.27 bits per heavy atom. The lowest BCUT2D eigenvalue weighted by Gasteiger charge is -2.52. The van der Waals surface area contributed by atoms with Crippen molar-refractivity contribution in [2.45, 2.75) is 57.3 Å². The number of nitrogens with two attached hydrogens (primary N) is 1. The Labute approximate surface area is 225 Å². The van der Waals surface area contributed by atoms with Crippen LogP contribution in [0.1, 0.15) is 56.2 Å². The number of benzene rings is 2. The molecule has 2 aromatic carbocycles. The molecule has 0 unspecified atom stereocenters. The summed E-state index contributed by atoms with van der Waals surface area (Å²) >= 11 is 12.5. The molecule has 1 saturated heterocycles. The van der Waals surface area contributed by atoms with Crippen LogP contribution in [-0.2, 0) is 9.59 Å². The number of hydrogen-bond donors (Lipinski definition) is 2. The fraction of sp³-hybridized carbons (Fsp3) is 0.407. The molecule has 4 atom stereocenters. The summed E-state index contributed by atoms with van der Waals surface area (Å²) in [6.07, 6.45) is -1.12. The van der Waals surface area contributed by atoms with E-state index in [1.807, 2.05) is 60.4 Å². The number of aliphatic carboxylic acids is 1. The van der Waals surface area contributed by atoms with Crippen LogP contribution in [0, 0.1) is 5.41 Å². The van der Waals surface area contributed by atoms with Crippen molar-refractivity contribution in [2.24, 2.45) is 11.1 Å². The lowest BCUT2D eigenvalue weighted by Crippen LogP contribution is -2.57. The first-order valence-corrected chi connectivity index (χ1v) is 12.5. The van der Waals surface area contributed by atoms with Gasteiger partial charge in [-0.15, -0.1) is 6.58 Å². The third-order valence-electron chi connectivity index (χ3n) is 6.56. The highest BCUT2D eigenvalue weighted by Gasteiger charge is 2.50. The second-order valence-electron chi connectivity index (χ2n) is 9.23. The first-order valence-electron chi connectivity index (χ1n) is 11.7. The lowest BCUT2D eigenvalue weighted by atomic mass is 9.67. The number of halogens is 5. The molecule has 1 heterocycles. The summed E-state index contributed by atoms with van der Waals surface area (Å²) in [7, 11) is 0. The molecule has 1 fully saturated rings. The molecule has 0 aliphatic carbocycles. The summed E-state index contributed by atoms with van der Waals surface area (Å²) < 4.78 is 31.7. The molecule has 0 radical (unpaired) electrons. The van der Waals surface area contributed by atoms with Gasteiger partial charge in [0, 0.05) is 28.5 Å². The van der Waals surface area contributed by atoms with E-state index in [2.05, 4.69) is 19.6 Å². The first-order chi connectivity index (χ1) is 17.3. The van der Waals surface area contributed by atoms with E-state index in [4.69, 9.17) is 38.8 Å². The van der Waals surface area contributed by atoms with Gasteiger partial charge in [0.25, 0.3) is 0 Å². The standard InChI is InChI=1S/C25H30Cl2N2O.C2HF3O2/c1-4-13-25(3)15-22(18-7-6-8-20(27)14-18)23(17-9-11-19(26)12-10-17)29(24(25)30)21(5-2)16-28;3-2(4,5)1(6)7/h4,6-12,14,21-23H,1,5,13,15-16,28H2,2-3H3;(H,6,7)/t21-,22+,23+,25-;/m0./s1. The van der Waals surface area contributed by atoms with Gasteiger partial charge in [0.1, 0.15) is 0 Å². The number of carbonyl (C=O) groups excluding carboxylic acids is 1. The SMILES string of the molecule is C=CC[C@@]1(C)C[C@H](c2cccc(Cl)c2)[C@@H](c2ccc(Cl)cc2)N([C@@H](CC)CN)C1=O.O=C(O)C(F)(F)F. The molecule has 1 aliphatic rings. The maximum Gasteiger partial charge on any atom is 0.490 e. The number of hydrogen-bond acceptors (Lipinski definition) is 3. The van der Waals surface area contributed by atoms with Crippen molar-refractivity contribution in [3.05, 3.63) is 82.4 Å². The number of carbonyl (C=O) groups is 2. The Balaban J connectivity index is 0.000000604. The topological polar surface area (TPSA) is 83.6 Å².